The zero-order valence-electron chi connectivity index (χ0n) is 11.5. The normalized spacial score (nSPS) is 19.4. The SMILES string of the molecule is CCCCSCCC(=O)N1CCOCC1CC(=O)O. The van der Waals surface area contributed by atoms with E-state index in [-0.39, 0.29) is 18.4 Å². The van der Waals surface area contributed by atoms with E-state index < -0.39 is 5.97 Å². The largest absolute Gasteiger partial charge is 0.481 e. The summed E-state index contributed by atoms with van der Waals surface area (Å²) in [7, 11) is 0. The van der Waals surface area contributed by atoms with Gasteiger partial charge in [-0.25, -0.2) is 0 Å². The van der Waals surface area contributed by atoms with Crippen molar-refractivity contribution < 1.29 is 19.4 Å². The molecule has 110 valence electrons. The van der Waals surface area contributed by atoms with Crippen LogP contribution in [0.25, 0.3) is 0 Å². The van der Waals surface area contributed by atoms with Crippen LogP contribution in [-0.2, 0) is 14.3 Å². The van der Waals surface area contributed by atoms with Crippen LogP contribution in [-0.4, -0.2) is 59.2 Å². The van der Waals surface area contributed by atoms with Crippen LogP contribution in [0, 0.1) is 0 Å². The van der Waals surface area contributed by atoms with E-state index in [9.17, 15) is 9.59 Å². The van der Waals surface area contributed by atoms with Gasteiger partial charge in [-0.05, 0) is 12.2 Å². The molecule has 19 heavy (non-hydrogen) atoms. The molecule has 1 N–H and O–H groups in total. The van der Waals surface area contributed by atoms with E-state index in [1.165, 1.54) is 12.8 Å². The van der Waals surface area contributed by atoms with Crippen LogP contribution in [0.1, 0.15) is 32.6 Å². The van der Waals surface area contributed by atoms with Crippen LogP contribution in [0.4, 0.5) is 0 Å². The standard InChI is InChI=1S/C13H23NO4S/c1-2-3-7-19-8-4-12(15)14-5-6-18-10-11(14)9-13(16)17/h11H,2-10H2,1H3,(H,16,17). The third-order valence-corrected chi connectivity index (χ3v) is 4.13. The highest BCUT2D eigenvalue weighted by atomic mass is 32.2. The van der Waals surface area contributed by atoms with E-state index in [1.54, 1.807) is 16.7 Å². The van der Waals surface area contributed by atoms with Crippen LogP contribution >= 0.6 is 11.8 Å². The van der Waals surface area contributed by atoms with Crippen molar-refractivity contribution in [2.45, 2.75) is 38.6 Å². The number of rotatable bonds is 8. The van der Waals surface area contributed by atoms with Crippen molar-refractivity contribution in [3.8, 4) is 0 Å². The zero-order valence-corrected chi connectivity index (χ0v) is 12.3. The summed E-state index contributed by atoms with van der Waals surface area (Å²) >= 11 is 1.79. The average molecular weight is 289 g/mol. The molecule has 1 rings (SSSR count). The third-order valence-electron chi connectivity index (χ3n) is 3.06. The molecule has 5 nitrogen and oxygen atoms in total. The van der Waals surface area contributed by atoms with Gasteiger partial charge in [0.05, 0.1) is 25.7 Å². The monoisotopic (exact) mass is 289 g/mol. The summed E-state index contributed by atoms with van der Waals surface area (Å²) in [4.78, 5) is 24.5. The lowest BCUT2D eigenvalue weighted by molar-refractivity contribution is -0.146. The second-order valence-corrected chi connectivity index (χ2v) is 5.85. The number of carbonyl (C=O) groups excluding carboxylic acids is 1. The lowest BCUT2D eigenvalue weighted by atomic mass is 10.1. The molecule has 1 unspecified atom stereocenters. The topological polar surface area (TPSA) is 66.8 Å². The molecule has 0 aromatic rings. The summed E-state index contributed by atoms with van der Waals surface area (Å²) in [5, 5.41) is 8.84. The number of carboxylic acids is 1. The molecule has 1 aliphatic heterocycles. The summed E-state index contributed by atoms with van der Waals surface area (Å²) in [6.45, 7) is 3.50. The van der Waals surface area contributed by atoms with Gasteiger partial charge in [0.15, 0.2) is 0 Å². The molecule has 0 aromatic carbocycles. The minimum atomic E-state index is -0.884. The Morgan fingerprint density at radius 1 is 1.42 bits per heavy atom. The summed E-state index contributed by atoms with van der Waals surface area (Å²) in [6.07, 6.45) is 2.81. The second kappa shape index (κ2) is 9.20. The van der Waals surface area contributed by atoms with Crippen LogP contribution in [0.5, 0.6) is 0 Å². The van der Waals surface area contributed by atoms with Gasteiger partial charge in [-0.3, -0.25) is 9.59 Å². The minimum absolute atomic E-state index is 0.0330. The molecule has 0 radical (unpaired) electrons. The zero-order chi connectivity index (χ0) is 14.1. The van der Waals surface area contributed by atoms with Crippen LogP contribution in [0.15, 0.2) is 0 Å². The molecule has 1 fully saturated rings. The summed E-state index contributed by atoms with van der Waals surface area (Å²) < 4.78 is 5.26. The van der Waals surface area contributed by atoms with E-state index in [0.717, 1.165) is 11.5 Å². The molecule has 1 heterocycles. The van der Waals surface area contributed by atoms with Crippen molar-refractivity contribution >= 4 is 23.6 Å². The molecule has 1 saturated heterocycles. The number of nitrogens with zero attached hydrogens (tertiary/aromatic N) is 1. The second-order valence-electron chi connectivity index (χ2n) is 4.63. The minimum Gasteiger partial charge on any atom is -0.481 e. The maximum atomic E-state index is 12.1. The number of morpholine rings is 1. The van der Waals surface area contributed by atoms with Crippen molar-refractivity contribution in [1.29, 1.82) is 0 Å². The average Bonchev–Trinajstić information content (AvgIpc) is 2.38. The Bertz CT molecular complexity index is 298. The molecular weight excluding hydrogens is 266 g/mol. The van der Waals surface area contributed by atoms with Gasteiger partial charge in [-0.2, -0.15) is 11.8 Å². The van der Waals surface area contributed by atoms with Gasteiger partial charge in [0, 0.05) is 18.7 Å². The number of hydrogen-bond donors (Lipinski definition) is 1. The maximum absolute atomic E-state index is 12.1. The van der Waals surface area contributed by atoms with Gasteiger partial charge in [-0.1, -0.05) is 13.3 Å². The molecule has 1 atom stereocenters. The molecule has 6 heteroatoms. The highest BCUT2D eigenvalue weighted by Gasteiger charge is 2.28. The van der Waals surface area contributed by atoms with E-state index >= 15 is 0 Å². The first kappa shape index (κ1) is 16.3. The summed E-state index contributed by atoms with van der Waals surface area (Å²) in [5.41, 5.74) is 0. The molecular formula is C13H23NO4S. The highest BCUT2D eigenvalue weighted by Crippen LogP contribution is 2.14. The lowest BCUT2D eigenvalue weighted by Crippen LogP contribution is -2.49. The fourth-order valence-electron chi connectivity index (χ4n) is 2.01. The molecule has 1 aliphatic rings. The van der Waals surface area contributed by atoms with Crippen molar-refractivity contribution in [3.05, 3.63) is 0 Å². The first-order valence-electron chi connectivity index (χ1n) is 6.82. The number of carboxylic acid groups (broad SMARTS) is 1. The predicted molar refractivity (Wildman–Crippen MR) is 75.4 cm³/mol. The number of carbonyl (C=O) groups is 2. The molecule has 0 aliphatic carbocycles. The number of unbranched alkanes of at least 4 members (excludes halogenated alkanes) is 1. The van der Waals surface area contributed by atoms with Gasteiger partial charge < -0.3 is 14.7 Å². The fraction of sp³-hybridized carbons (Fsp3) is 0.846. The number of aliphatic carboxylic acids is 1. The van der Waals surface area contributed by atoms with Crippen LogP contribution in [0.2, 0.25) is 0 Å². The summed E-state index contributed by atoms with van der Waals surface area (Å²) in [5.74, 6) is 1.07. The predicted octanol–water partition coefficient (Wildman–Crippen LogP) is 1.61. The van der Waals surface area contributed by atoms with E-state index in [0.29, 0.717) is 26.2 Å². The first-order valence-corrected chi connectivity index (χ1v) is 7.97. The van der Waals surface area contributed by atoms with E-state index in [2.05, 4.69) is 6.92 Å². The smallest absolute Gasteiger partial charge is 0.305 e. The maximum Gasteiger partial charge on any atom is 0.305 e. The highest BCUT2D eigenvalue weighted by molar-refractivity contribution is 7.99. The Hall–Kier alpha value is -0.750. The first-order chi connectivity index (χ1) is 9.15. The van der Waals surface area contributed by atoms with Gasteiger partial charge in [0.1, 0.15) is 0 Å². The Morgan fingerprint density at radius 2 is 2.21 bits per heavy atom. The molecule has 0 saturated carbocycles. The van der Waals surface area contributed by atoms with Crippen LogP contribution < -0.4 is 0 Å². The van der Waals surface area contributed by atoms with Crippen molar-refractivity contribution in [1.82, 2.24) is 4.90 Å². The number of ether oxygens (including phenoxy) is 1. The summed E-state index contributed by atoms with van der Waals surface area (Å²) in [6, 6.07) is -0.306. The van der Waals surface area contributed by atoms with Gasteiger partial charge in [0.25, 0.3) is 0 Å². The fourth-order valence-corrected chi connectivity index (χ4v) is 3.02. The van der Waals surface area contributed by atoms with E-state index in [1.807, 2.05) is 0 Å². The molecule has 0 aromatic heterocycles. The number of hydrogen-bond acceptors (Lipinski definition) is 4. The van der Waals surface area contributed by atoms with E-state index in [4.69, 9.17) is 9.84 Å². The van der Waals surface area contributed by atoms with Gasteiger partial charge in [0.2, 0.25) is 5.91 Å². The van der Waals surface area contributed by atoms with Crippen molar-refractivity contribution in [2.75, 3.05) is 31.3 Å². The molecule has 1 amide bonds. The number of amides is 1. The quantitative estimate of drug-likeness (QED) is 0.688. The third kappa shape index (κ3) is 6.29. The molecule has 0 spiro atoms. The van der Waals surface area contributed by atoms with Gasteiger partial charge >= 0.3 is 5.97 Å². The van der Waals surface area contributed by atoms with Crippen molar-refractivity contribution in [2.24, 2.45) is 0 Å². The Morgan fingerprint density at radius 3 is 2.89 bits per heavy atom. The Balaban J connectivity index is 2.32. The lowest BCUT2D eigenvalue weighted by Gasteiger charge is -2.34. The van der Waals surface area contributed by atoms with Gasteiger partial charge in [-0.15, -0.1) is 0 Å². The van der Waals surface area contributed by atoms with Crippen molar-refractivity contribution in [3.63, 3.8) is 0 Å². The Kier molecular flexibility index (Phi) is 7.90. The Labute approximate surface area is 118 Å². The van der Waals surface area contributed by atoms with Crippen LogP contribution in [0.3, 0.4) is 0 Å². The molecule has 0 bridgehead atoms. The number of thioether (sulfide) groups is 1.